The summed E-state index contributed by atoms with van der Waals surface area (Å²) >= 11 is 0. The second-order valence-electron chi connectivity index (χ2n) is 7.06. The predicted octanol–water partition coefficient (Wildman–Crippen LogP) is 3.39. The maximum atomic E-state index is 12.7. The molecule has 26 heavy (non-hydrogen) atoms. The van der Waals surface area contributed by atoms with Crippen molar-refractivity contribution in [3.8, 4) is 0 Å². The van der Waals surface area contributed by atoms with Gasteiger partial charge in [-0.05, 0) is 51.0 Å². The molecule has 6 heteroatoms. The summed E-state index contributed by atoms with van der Waals surface area (Å²) in [5.41, 5.74) is 0.706. The third-order valence-corrected chi connectivity index (χ3v) is 7.28. The Morgan fingerprint density at radius 1 is 1.15 bits per heavy atom. The van der Waals surface area contributed by atoms with Crippen LogP contribution in [0.4, 0.5) is 0 Å². The minimum Gasteiger partial charge on any atom is -0.466 e. The van der Waals surface area contributed by atoms with E-state index in [4.69, 9.17) is 4.74 Å². The molecule has 0 unspecified atom stereocenters. The molecule has 1 aliphatic heterocycles. The Morgan fingerprint density at radius 2 is 1.81 bits per heavy atom. The van der Waals surface area contributed by atoms with Crippen molar-refractivity contribution in [3.63, 3.8) is 0 Å². The third kappa shape index (κ3) is 5.30. The fourth-order valence-corrected chi connectivity index (χ4v) is 5.21. The lowest BCUT2D eigenvalue weighted by Crippen LogP contribution is -2.47. The molecule has 5 nitrogen and oxygen atoms in total. The number of ether oxygens (including phenoxy) is 1. The third-order valence-electron chi connectivity index (χ3n) is 5.21. The summed E-state index contributed by atoms with van der Waals surface area (Å²) < 4.78 is 31.5. The lowest BCUT2D eigenvalue weighted by atomic mass is 9.74. The number of nitrogens with zero attached hydrogens (tertiary/aromatic N) is 1. The monoisotopic (exact) mass is 381 g/mol. The number of hydrogen-bond donors (Lipinski definition) is 0. The average Bonchev–Trinajstić information content (AvgIpc) is 2.63. The van der Waals surface area contributed by atoms with Gasteiger partial charge in [-0.15, -0.1) is 0 Å². The van der Waals surface area contributed by atoms with Crippen LogP contribution in [0.2, 0.25) is 0 Å². The molecule has 0 aliphatic carbocycles. The quantitative estimate of drug-likeness (QED) is 0.615. The molecule has 2 rings (SSSR count). The van der Waals surface area contributed by atoms with Crippen LogP contribution in [0.3, 0.4) is 0 Å². The van der Waals surface area contributed by atoms with Gasteiger partial charge in [0.1, 0.15) is 0 Å². The molecule has 0 N–H and O–H groups in total. The lowest BCUT2D eigenvalue weighted by Gasteiger charge is -2.39. The predicted molar refractivity (Wildman–Crippen MR) is 103 cm³/mol. The molecule has 1 fully saturated rings. The van der Waals surface area contributed by atoms with Gasteiger partial charge in [-0.3, -0.25) is 4.79 Å². The largest absolute Gasteiger partial charge is 0.466 e. The van der Waals surface area contributed by atoms with E-state index in [1.54, 1.807) is 4.31 Å². The minimum absolute atomic E-state index is 0.166. The van der Waals surface area contributed by atoms with Crippen LogP contribution < -0.4 is 0 Å². The van der Waals surface area contributed by atoms with E-state index >= 15 is 0 Å². The zero-order valence-electron chi connectivity index (χ0n) is 15.9. The SMILES string of the molecule is CCCS(=O)(=O)N1CCC(CCCc2ccccc2)(C(=O)OCC)CC1. The van der Waals surface area contributed by atoms with E-state index in [0.717, 1.165) is 19.3 Å². The Bertz CT molecular complexity index is 664. The molecule has 1 aromatic carbocycles. The molecular formula is C20H31NO4S. The summed E-state index contributed by atoms with van der Waals surface area (Å²) in [5, 5.41) is 0. The molecule has 1 saturated heterocycles. The highest BCUT2D eigenvalue weighted by Crippen LogP contribution is 2.39. The highest BCUT2D eigenvalue weighted by atomic mass is 32.2. The zero-order chi connectivity index (χ0) is 19.0. The van der Waals surface area contributed by atoms with Crippen LogP contribution in [-0.4, -0.2) is 44.1 Å². The lowest BCUT2D eigenvalue weighted by molar-refractivity contribution is -0.158. The molecule has 0 saturated carbocycles. The number of carbonyl (C=O) groups excluding carboxylic acids is 1. The van der Waals surface area contributed by atoms with Crippen LogP contribution in [0.25, 0.3) is 0 Å². The van der Waals surface area contributed by atoms with E-state index < -0.39 is 15.4 Å². The fourth-order valence-electron chi connectivity index (χ4n) is 3.70. The van der Waals surface area contributed by atoms with Gasteiger partial charge < -0.3 is 4.74 Å². The van der Waals surface area contributed by atoms with Gasteiger partial charge in [0.2, 0.25) is 10.0 Å². The number of aryl methyl sites for hydroxylation is 1. The van der Waals surface area contributed by atoms with Crippen LogP contribution in [0.5, 0.6) is 0 Å². The molecule has 0 spiro atoms. The molecule has 0 atom stereocenters. The molecule has 0 amide bonds. The topological polar surface area (TPSA) is 63.7 Å². The fraction of sp³-hybridized carbons (Fsp3) is 0.650. The number of esters is 1. The van der Waals surface area contributed by atoms with E-state index in [2.05, 4.69) is 12.1 Å². The highest BCUT2D eigenvalue weighted by molar-refractivity contribution is 7.89. The van der Waals surface area contributed by atoms with Crippen molar-refractivity contribution in [3.05, 3.63) is 35.9 Å². The van der Waals surface area contributed by atoms with Crippen molar-refractivity contribution >= 4 is 16.0 Å². The van der Waals surface area contributed by atoms with Crippen molar-refractivity contribution in [1.29, 1.82) is 0 Å². The van der Waals surface area contributed by atoms with Crippen LogP contribution in [0.1, 0.15) is 51.5 Å². The van der Waals surface area contributed by atoms with Gasteiger partial charge in [0, 0.05) is 13.1 Å². The summed E-state index contributed by atoms with van der Waals surface area (Å²) in [4.78, 5) is 12.7. The smallest absolute Gasteiger partial charge is 0.312 e. The van der Waals surface area contributed by atoms with Crippen molar-refractivity contribution in [1.82, 2.24) is 4.31 Å². The maximum Gasteiger partial charge on any atom is 0.312 e. The molecule has 0 radical (unpaired) electrons. The maximum absolute atomic E-state index is 12.7. The van der Waals surface area contributed by atoms with E-state index in [1.807, 2.05) is 32.0 Å². The van der Waals surface area contributed by atoms with Gasteiger partial charge in [0.25, 0.3) is 0 Å². The molecule has 146 valence electrons. The summed E-state index contributed by atoms with van der Waals surface area (Å²) in [6.07, 6.45) is 4.25. The van der Waals surface area contributed by atoms with E-state index in [-0.39, 0.29) is 11.7 Å². The van der Waals surface area contributed by atoms with Crippen molar-refractivity contribution in [2.24, 2.45) is 5.41 Å². The number of benzene rings is 1. The zero-order valence-corrected chi connectivity index (χ0v) is 16.8. The first-order valence-corrected chi connectivity index (χ1v) is 11.2. The van der Waals surface area contributed by atoms with E-state index in [9.17, 15) is 13.2 Å². The van der Waals surface area contributed by atoms with Crippen molar-refractivity contribution in [2.45, 2.75) is 52.4 Å². The van der Waals surface area contributed by atoms with Crippen LogP contribution >= 0.6 is 0 Å². The first-order chi connectivity index (χ1) is 12.4. The standard InChI is InChI=1S/C20H31NO4S/c1-3-17-26(23,24)21-15-13-20(14-16-21,19(22)25-4-2)12-8-11-18-9-6-5-7-10-18/h5-7,9-10H,3-4,8,11-17H2,1-2H3. The number of rotatable bonds is 9. The van der Waals surface area contributed by atoms with Crippen LogP contribution in [-0.2, 0) is 26.0 Å². The average molecular weight is 382 g/mol. The Kier molecular flexibility index (Phi) is 7.65. The number of hydrogen-bond acceptors (Lipinski definition) is 4. The molecule has 1 heterocycles. The Morgan fingerprint density at radius 3 is 2.38 bits per heavy atom. The van der Waals surface area contributed by atoms with Gasteiger partial charge in [-0.25, -0.2) is 12.7 Å². The van der Waals surface area contributed by atoms with Gasteiger partial charge in [0.05, 0.1) is 17.8 Å². The normalized spacial score (nSPS) is 17.8. The van der Waals surface area contributed by atoms with Crippen LogP contribution in [0.15, 0.2) is 30.3 Å². The van der Waals surface area contributed by atoms with Gasteiger partial charge in [0.15, 0.2) is 0 Å². The summed E-state index contributed by atoms with van der Waals surface area (Å²) in [5.74, 6) is 0.00791. The van der Waals surface area contributed by atoms with E-state index in [1.165, 1.54) is 5.56 Å². The second kappa shape index (κ2) is 9.51. The first-order valence-electron chi connectivity index (χ1n) is 9.62. The number of carbonyl (C=O) groups is 1. The summed E-state index contributed by atoms with van der Waals surface area (Å²) in [6, 6.07) is 10.2. The summed E-state index contributed by atoms with van der Waals surface area (Å²) in [7, 11) is -3.20. The first kappa shape index (κ1) is 20.9. The number of piperidine rings is 1. The van der Waals surface area contributed by atoms with Crippen molar-refractivity contribution < 1.29 is 17.9 Å². The van der Waals surface area contributed by atoms with Gasteiger partial charge >= 0.3 is 5.97 Å². The van der Waals surface area contributed by atoms with Crippen LogP contribution in [0, 0.1) is 5.41 Å². The Balaban J connectivity index is 2.01. The minimum atomic E-state index is -3.20. The second-order valence-corrected chi connectivity index (χ2v) is 9.14. The molecule has 1 aliphatic rings. The van der Waals surface area contributed by atoms with Gasteiger partial charge in [-0.1, -0.05) is 37.3 Å². The number of sulfonamides is 1. The Hall–Kier alpha value is -1.40. The molecule has 0 aromatic heterocycles. The van der Waals surface area contributed by atoms with Gasteiger partial charge in [-0.2, -0.15) is 0 Å². The van der Waals surface area contributed by atoms with E-state index in [0.29, 0.717) is 39.0 Å². The Labute approximate surface area is 157 Å². The molecule has 0 bridgehead atoms. The molecular weight excluding hydrogens is 350 g/mol. The summed E-state index contributed by atoms with van der Waals surface area (Å²) in [6.45, 7) is 4.86. The van der Waals surface area contributed by atoms with Crippen molar-refractivity contribution in [2.75, 3.05) is 25.4 Å². The highest BCUT2D eigenvalue weighted by Gasteiger charge is 2.44. The molecule has 1 aromatic rings.